The predicted molar refractivity (Wildman–Crippen MR) is 99.5 cm³/mol. The minimum atomic E-state index is -3.80. The Bertz CT molecular complexity index is 1080. The van der Waals surface area contributed by atoms with Gasteiger partial charge in [0.25, 0.3) is 0 Å². The fourth-order valence-corrected chi connectivity index (χ4v) is 3.85. The molecule has 0 saturated heterocycles. The molecule has 138 valence electrons. The quantitative estimate of drug-likeness (QED) is 0.609. The summed E-state index contributed by atoms with van der Waals surface area (Å²) < 4.78 is 45.5. The summed E-state index contributed by atoms with van der Waals surface area (Å²) in [6.07, 6.45) is 5.35. The van der Waals surface area contributed by atoms with Crippen molar-refractivity contribution in [3.8, 4) is 23.6 Å². The second kappa shape index (κ2) is 7.74. The minimum Gasteiger partial charge on any atom is -0.359 e. The molecular weight excluding hydrogens is 367 g/mol. The third-order valence-electron chi connectivity index (χ3n) is 3.94. The van der Waals surface area contributed by atoms with Gasteiger partial charge in [-0.3, -0.25) is 0 Å². The number of hydrogen-bond donors (Lipinski definition) is 0. The van der Waals surface area contributed by atoms with Crippen molar-refractivity contribution in [2.75, 3.05) is 6.54 Å². The van der Waals surface area contributed by atoms with Gasteiger partial charge in [-0.15, -0.1) is 6.42 Å². The molecule has 2 aromatic carbocycles. The first kappa shape index (κ1) is 18.8. The van der Waals surface area contributed by atoms with E-state index in [2.05, 4.69) is 11.1 Å². The van der Waals surface area contributed by atoms with Gasteiger partial charge in [-0.25, -0.2) is 12.8 Å². The van der Waals surface area contributed by atoms with Crippen molar-refractivity contribution >= 4 is 10.0 Å². The average Bonchev–Trinajstić information content (AvgIpc) is 3.10. The summed E-state index contributed by atoms with van der Waals surface area (Å²) in [5.74, 6) is 2.27. The van der Waals surface area contributed by atoms with E-state index in [1.54, 1.807) is 30.3 Å². The molecule has 1 heterocycles. The van der Waals surface area contributed by atoms with Crippen molar-refractivity contribution in [3.63, 3.8) is 0 Å². The Kier molecular flexibility index (Phi) is 5.40. The highest BCUT2D eigenvalue weighted by molar-refractivity contribution is 7.89. The van der Waals surface area contributed by atoms with Gasteiger partial charge in [0.05, 0.1) is 18.0 Å². The second-order valence-electron chi connectivity index (χ2n) is 5.98. The Morgan fingerprint density at radius 2 is 1.93 bits per heavy atom. The van der Waals surface area contributed by atoms with Crippen LogP contribution in [-0.4, -0.2) is 24.4 Å². The smallest absolute Gasteiger partial charge is 0.244 e. The van der Waals surface area contributed by atoms with Gasteiger partial charge in [-0.1, -0.05) is 40.9 Å². The van der Waals surface area contributed by atoms with Crippen molar-refractivity contribution in [3.05, 3.63) is 71.7 Å². The van der Waals surface area contributed by atoms with Crippen molar-refractivity contribution in [2.24, 2.45) is 0 Å². The molecule has 0 bridgehead atoms. The number of rotatable bonds is 6. The lowest BCUT2D eigenvalue weighted by Gasteiger charge is -2.18. The van der Waals surface area contributed by atoms with E-state index in [-0.39, 0.29) is 18.0 Å². The predicted octanol–water partition coefficient (Wildman–Crippen LogP) is 3.61. The molecule has 7 heteroatoms. The van der Waals surface area contributed by atoms with Crippen LogP contribution in [-0.2, 0) is 16.6 Å². The average molecular weight is 384 g/mol. The Balaban J connectivity index is 1.87. The number of benzene rings is 2. The summed E-state index contributed by atoms with van der Waals surface area (Å²) in [7, 11) is -3.80. The van der Waals surface area contributed by atoms with E-state index in [1.807, 2.05) is 6.92 Å². The van der Waals surface area contributed by atoms with Crippen LogP contribution in [0.2, 0.25) is 0 Å². The van der Waals surface area contributed by atoms with E-state index < -0.39 is 15.8 Å². The van der Waals surface area contributed by atoms with Gasteiger partial charge >= 0.3 is 0 Å². The van der Waals surface area contributed by atoms with Crippen LogP contribution in [0.25, 0.3) is 11.3 Å². The highest BCUT2D eigenvalue weighted by atomic mass is 32.2. The number of hydrogen-bond acceptors (Lipinski definition) is 4. The molecule has 27 heavy (non-hydrogen) atoms. The molecule has 1 aromatic heterocycles. The van der Waals surface area contributed by atoms with Gasteiger partial charge in [-0.05, 0) is 31.2 Å². The molecule has 0 saturated carbocycles. The third-order valence-corrected chi connectivity index (χ3v) is 5.74. The summed E-state index contributed by atoms with van der Waals surface area (Å²) in [5.41, 5.74) is 1.90. The largest absolute Gasteiger partial charge is 0.359 e. The first-order chi connectivity index (χ1) is 12.9. The molecule has 0 aliphatic rings. The number of halogens is 1. The van der Waals surface area contributed by atoms with E-state index in [4.69, 9.17) is 10.9 Å². The maximum atomic E-state index is 13.4. The fraction of sp³-hybridized carbons (Fsp3) is 0.150. The van der Waals surface area contributed by atoms with Crippen molar-refractivity contribution in [2.45, 2.75) is 18.4 Å². The number of terminal acetylenes is 1. The van der Waals surface area contributed by atoms with Gasteiger partial charge in [-0.2, -0.15) is 4.31 Å². The molecule has 0 radical (unpaired) electrons. The van der Waals surface area contributed by atoms with Crippen LogP contribution in [0.3, 0.4) is 0 Å². The SMILES string of the molecule is C#CCN(Cc1cc(-c2cccc(F)c2)no1)S(=O)(=O)c1ccc(C)cc1. The Morgan fingerprint density at radius 3 is 2.59 bits per heavy atom. The first-order valence-corrected chi connectivity index (χ1v) is 9.56. The van der Waals surface area contributed by atoms with Crippen LogP contribution in [0, 0.1) is 25.1 Å². The highest BCUT2D eigenvalue weighted by Crippen LogP contribution is 2.23. The monoisotopic (exact) mass is 384 g/mol. The van der Waals surface area contributed by atoms with Gasteiger partial charge < -0.3 is 4.52 Å². The summed E-state index contributed by atoms with van der Waals surface area (Å²) >= 11 is 0. The molecule has 0 unspecified atom stereocenters. The third kappa shape index (κ3) is 4.25. The molecule has 3 rings (SSSR count). The Hall–Kier alpha value is -2.95. The van der Waals surface area contributed by atoms with Crippen molar-refractivity contribution in [1.82, 2.24) is 9.46 Å². The number of sulfonamides is 1. The zero-order chi connectivity index (χ0) is 19.4. The van der Waals surface area contributed by atoms with E-state index in [0.29, 0.717) is 17.0 Å². The molecule has 0 fully saturated rings. The molecule has 0 aliphatic heterocycles. The molecule has 0 aliphatic carbocycles. The number of aromatic nitrogens is 1. The van der Waals surface area contributed by atoms with Crippen LogP contribution in [0.1, 0.15) is 11.3 Å². The van der Waals surface area contributed by atoms with E-state index in [1.165, 1.54) is 24.3 Å². The normalized spacial score (nSPS) is 11.5. The molecule has 0 atom stereocenters. The maximum Gasteiger partial charge on any atom is 0.244 e. The topological polar surface area (TPSA) is 63.4 Å². The molecule has 0 spiro atoms. The van der Waals surface area contributed by atoms with Gasteiger partial charge in [0.1, 0.15) is 11.5 Å². The molecular formula is C20H17FN2O3S. The Labute approximate surface area is 157 Å². The van der Waals surface area contributed by atoms with Crippen LogP contribution in [0.15, 0.2) is 64.0 Å². The lowest BCUT2D eigenvalue weighted by Crippen LogP contribution is -2.31. The summed E-state index contributed by atoms with van der Waals surface area (Å²) in [6.45, 7) is 1.67. The maximum absolute atomic E-state index is 13.4. The van der Waals surface area contributed by atoms with E-state index in [0.717, 1.165) is 9.87 Å². The zero-order valence-electron chi connectivity index (χ0n) is 14.6. The van der Waals surface area contributed by atoms with Crippen molar-refractivity contribution < 1.29 is 17.3 Å². The first-order valence-electron chi connectivity index (χ1n) is 8.12. The van der Waals surface area contributed by atoms with Gasteiger partial charge in [0, 0.05) is 11.6 Å². The number of aryl methyl sites for hydroxylation is 1. The summed E-state index contributed by atoms with van der Waals surface area (Å²) in [5, 5.41) is 3.89. The van der Waals surface area contributed by atoms with Crippen molar-refractivity contribution in [1.29, 1.82) is 0 Å². The minimum absolute atomic E-state index is 0.0806. The van der Waals surface area contributed by atoms with Crippen LogP contribution in [0.5, 0.6) is 0 Å². The molecule has 3 aromatic rings. The van der Waals surface area contributed by atoms with E-state index >= 15 is 0 Å². The summed E-state index contributed by atoms with van der Waals surface area (Å²) in [6, 6.07) is 14.0. The zero-order valence-corrected chi connectivity index (χ0v) is 15.4. The Morgan fingerprint density at radius 1 is 1.19 bits per heavy atom. The van der Waals surface area contributed by atoms with Crippen LogP contribution >= 0.6 is 0 Å². The molecule has 0 amide bonds. The standard InChI is InChI=1S/C20H17FN2O3S/c1-3-11-23(27(24,25)19-9-7-15(2)8-10-19)14-18-13-20(22-26-18)16-5-4-6-17(21)12-16/h1,4-10,12-13H,11,14H2,2H3. The lowest BCUT2D eigenvalue weighted by molar-refractivity contribution is 0.336. The van der Waals surface area contributed by atoms with Crippen LogP contribution < -0.4 is 0 Å². The fourth-order valence-electron chi connectivity index (χ4n) is 2.53. The molecule has 5 nitrogen and oxygen atoms in total. The van der Waals surface area contributed by atoms with Gasteiger partial charge in [0.2, 0.25) is 10.0 Å². The lowest BCUT2D eigenvalue weighted by atomic mass is 10.1. The van der Waals surface area contributed by atoms with Crippen LogP contribution in [0.4, 0.5) is 4.39 Å². The molecule has 0 N–H and O–H groups in total. The number of nitrogens with zero attached hydrogens (tertiary/aromatic N) is 2. The van der Waals surface area contributed by atoms with Gasteiger partial charge in [0.15, 0.2) is 5.76 Å². The highest BCUT2D eigenvalue weighted by Gasteiger charge is 2.25. The van der Waals surface area contributed by atoms with E-state index in [9.17, 15) is 12.8 Å². The second-order valence-corrected chi connectivity index (χ2v) is 7.92. The summed E-state index contributed by atoms with van der Waals surface area (Å²) in [4.78, 5) is 0.146.